The fourth-order valence-corrected chi connectivity index (χ4v) is 2.18. The van der Waals surface area contributed by atoms with Gasteiger partial charge in [-0.3, -0.25) is 4.68 Å². The van der Waals surface area contributed by atoms with E-state index in [9.17, 15) is 9.90 Å². The minimum absolute atomic E-state index is 0.0394. The van der Waals surface area contributed by atoms with Crippen LogP contribution in [0.5, 0.6) is 0 Å². The van der Waals surface area contributed by atoms with E-state index in [1.54, 1.807) is 9.36 Å². The van der Waals surface area contributed by atoms with Crippen LogP contribution in [0.15, 0.2) is 6.07 Å². The standard InChI is InChI=1S/C13H19N5O2/c1-8(2)5-11-12(13(19)20)14-16-18(11)7-10-6-9(3)15-17(10)4/h6,8H,5,7H2,1-4H3,(H,19,20). The van der Waals surface area contributed by atoms with Gasteiger partial charge in [0, 0.05) is 7.05 Å². The van der Waals surface area contributed by atoms with E-state index in [4.69, 9.17) is 0 Å². The molecule has 2 aromatic rings. The van der Waals surface area contributed by atoms with Gasteiger partial charge < -0.3 is 5.11 Å². The van der Waals surface area contributed by atoms with Crippen molar-refractivity contribution in [3.63, 3.8) is 0 Å². The Bertz CT molecular complexity index is 627. The molecule has 0 bridgehead atoms. The summed E-state index contributed by atoms with van der Waals surface area (Å²) in [5, 5.41) is 21.2. The number of hydrogen-bond acceptors (Lipinski definition) is 4. The Labute approximate surface area is 117 Å². The summed E-state index contributed by atoms with van der Waals surface area (Å²) in [5.74, 6) is -0.702. The van der Waals surface area contributed by atoms with Gasteiger partial charge in [0.1, 0.15) is 0 Å². The van der Waals surface area contributed by atoms with Crippen LogP contribution in [0.1, 0.15) is 41.4 Å². The summed E-state index contributed by atoms with van der Waals surface area (Å²) in [6.07, 6.45) is 0.630. The molecule has 108 valence electrons. The molecule has 0 unspecified atom stereocenters. The number of carboxylic acids is 1. The summed E-state index contributed by atoms with van der Waals surface area (Å²) in [6, 6.07) is 1.96. The van der Waals surface area contributed by atoms with E-state index in [1.807, 2.05) is 33.9 Å². The van der Waals surface area contributed by atoms with Crippen LogP contribution in [0.4, 0.5) is 0 Å². The highest BCUT2D eigenvalue weighted by Crippen LogP contribution is 2.14. The van der Waals surface area contributed by atoms with Crippen molar-refractivity contribution in [2.24, 2.45) is 13.0 Å². The summed E-state index contributed by atoms with van der Waals surface area (Å²) in [4.78, 5) is 11.2. The number of nitrogens with zero attached hydrogens (tertiary/aromatic N) is 5. The molecule has 0 atom stereocenters. The topological polar surface area (TPSA) is 85.8 Å². The maximum atomic E-state index is 11.2. The molecule has 20 heavy (non-hydrogen) atoms. The number of hydrogen-bond donors (Lipinski definition) is 1. The number of carboxylic acid groups (broad SMARTS) is 1. The first-order valence-corrected chi connectivity index (χ1v) is 6.53. The van der Waals surface area contributed by atoms with Gasteiger partial charge in [-0.05, 0) is 25.3 Å². The molecule has 0 amide bonds. The average Bonchev–Trinajstić information content (AvgIpc) is 2.84. The molecular formula is C13H19N5O2. The molecule has 7 nitrogen and oxygen atoms in total. The van der Waals surface area contributed by atoms with Gasteiger partial charge in [-0.25, -0.2) is 9.48 Å². The molecule has 1 N–H and O–H groups in total. The molecule has 2 rings (SSSR count). The van der Waals surface area contributed by atoms with Gasteiger partial charge in [0.2, 0.25) is 0 Å². The third-order valence-electron chi connectivity index (χ3n) is 3.05. The average molecular weight is 277 g/mol. The van der Waals surface area contributed by atoms with Gasteiger partial charge in [0.05, 0.1) is 23.6 Å². The van der Waals surface area contributed by atoms with Crippen LogP contribution in [0.25, 0.3) is 0 Å². The monoisotopic (exact) mass is 277 g/mol. The van der Waals surface area contributed by atoms with Crippen molar-refractivity contribution in [2.45, 2.75) is 33.7 Å². The van der Waals surface area contributed by atoms with Gasteiger partial charge in [0.15, 0.2) is 5.69 Å². The lowest BCUT2D eigenvalue weighted by molar-refractivity contribution is 0.0689. The Hall–Kier alpha value is -2.18. The third-order valence-corrected chi connectivity index (χ3v) is 3.05. The highest BCUT2D eigenvalue weighted by atomic mass is 16.4. The van der Waals surface area contributed by atoms with Crippen LogP contribution >= 0.6 is 0 Å². The zero-order valence-electron chi connectivity index (χ0n) is 12.2. The Morgan fingerprint density at radius 1 is 1.45 bits per heavy atom. The first kappa shape index (κ1) is 14.2. The lowest BCUT2D eigenvalue weighted by atomic mass is 10.1. The number of carbonyl (C=O) groups is 1. The molecule has 0 aromatic carbocycles. The van der Waals surface area contributed by atoms with Crippen LogP contribution in [-0.2, 0) is 20.0 Å². The van der Waals surface area contributed by atoms with Gasteiger partial charge in [-0.15, -0.1) is 5.10 Å². The van der Waals surface area contributed by atoms with E-state index in [-0.39, 0.29) is 5.69 Å². The number of rotatable bonds is 5. The molecule has 0 spiro atoms. The van der Waals surface area contributed by atoms with Crippen LogP contribution < -0.4 is 0 Å². The summed E-state index contributed by atoms with van der Waals surface area (Å²) in [7, 11) is 1.86. The van der Waals surface area contributed by atoms with Crippen molar-refractivity contribution in [3.05, 3.63) is 28.8 Å². The van der Waals surface area contributed by atoms with Crippen LogP contribution in [0.3, 0.4) is 0 Å². The molecule has 2 aromatic heterocycles. The maximum absolute atomic E-state index is 11.2. The molecular weight excluding hydrogens is 258 g/mol. The van der Waals surface area contributed by atoms with E-state index in [0.29, 0.717) is 24.6 Å². The second-order valence-corrected chi connectivity index (χ2v) is 5.35. The van der Waals surface area contributed by atoms with E-state index >= 15 is 0 Å². The molecule has 0 aliphatic heterocycles. The van der Waals surface area contributed by atoms with Crippen molar-refractivity contribution in [3.8, 4) is 0 Å². The summed E-state index contributed by atoms with van der Waals surface area (Å²) >= 11 is 0. The van der Waals surface area contributed by atoms with E-state index in [1.165, 1.54) is 0 Å². The number of aromatic carboxylic acids is 1. The highest BCUT2D eigenvalue weighted by Gasteiger charge is 2.20. The molecule has 0 fully saturated rings. The molecule has 0 radical (unpaired) electrons. The van der Waals surface area contributed by atoms with Crippen molar-refractivity contribution in [2.75, 3.05) is 0 Å². The summed E-state index contributed by atoms with van der Waals surface area (Å²) < 4.78 is 3.43. The maximum Gasteiger partial charge on any atom is 0.358 e. The summed E-state index contributed by atoms with van der Waals surface area (Å²) in [5.41, 5.74) is 2.59. The van der Waals surface area contributed by atoms with Crippen LogP contribution in [0.2, 0.25) is 0 Å². The largest absolute Gasteiger partial charge is 0.476 e. The molecule has 0 saturated carbocycles. The van der Waals surface area contributed by atoms with Crippen molar-refractivity contribution < 1.29 is 9.90 Å². The van der Waals surface area contributed by atoms with Gasteiger partial charge in [-0.1, -0.05) is 19.1 Å². The fourth-order valence-electron chi connectivity index (χ4n) is 2.18. The number of aryl methyl sites for hydroxylation is 2. The third kappa shape index (κ3) is 2.87. The Morgan fingerprint density at radius 2 is 2.15 bits per heavy atom. The first-order chi connectivity index (χ1) is 9.38. The second-order valence-electron chi connectivity index (χ2n) is 5.35. The van der Waals surface area contributed by atoms with Crippen LogP contribution in [0, 0.1) is 12.8 Å². The van der Waals surface area contributed by atoms with E-state index < -0.39 is 5.97 Å². The SMILES string of the molecule is Cc1cc(Cn2nnc(C(=O)O)c2CC(C)C)n(C)n1. The molecule has 7 heteroatoms. The minimum Gasteiger partial charge on any atom is -0.476 e. The van der Waals surface area contributed by atoms with Gasteiger partial charge >= 0.3 is 5.97 Å². The molecule has 2 heterocycles. The Balaban J connectivity index is 2.36. The van der Waals surface area contributed by atoms with Gasteiger partial charge in [-0.2, -0.15) is 5.10 Å². The molecule has 0 aliphatic carbocycles. The van der Waals surface area contributed by atoms with Crippen molar-refractivity contribution in [1.82, 2.24) is 24.8 Å². The minimum atomic E-state index is -1.03. The zero-order valence-corrected chi connectivity index (χ0v) is 12.2. The highest BCUT2D eigenvalue weighted by molar-refractivity contribution is 5.86. The summed E-state index contributed by atoms with van der Waals surface area (Å²) in [6.45, 7) is 6.47. The fraction of sp³-hybridized carbons (Fsp3) is 0.538. The van der Waals surface area contributed by atoms with Crippen LogP contribution in [-0.4, -0.2) is 35.9 Å². The number of aromatic nitrogens is 5. The Kier molecular flexibility index (Phi) is 3.87. The Morgan fingerprint density at radius 3 is 2.65 bits per heavy atom. The van der Waals surface area contributed by atoms with Crippen molar-refractivity contribution in [1.29, 1.82) is 0 Å². The molecule has 0 saturated heterocycles. The predicted octanol–water partition coefficient (Wildman–Crippen LogP) is 1.27. The second kappa shape index (κ2) is 5.44. The van der Waals surface area contributed by atoms with Gasteiger partial charge in [0.25, 0.3) is 0 Å². The zero-order chi connectivity index (χ0) is 14.9. The van der Waals surface area contributed by atoms with E-state index in [0.717, 1.165) is 11.4 Å². The predicted molar refractivity (Wildman–Crippen MR) is 72.6 cm³/mol. The quantitative estimate of drug-likeness (QED) is 0.889. The van der Waals surface area contributed by atoms with E-state index in [2.05, 4.69) is 15.4 Å². The van der Waals surface area contributed by atoms with Crippen molar-refractivity contribution >= 4 is 5.97 Å². The normalized spacial score (nSPS) is 11.2. The smallest absolute Gasteiger partial charge is 0.358 e. The first-order valence-electron chi connectivity index (χ1n) is 6.53. The molecule has 0 aliphatic rings. The lowest BCUT2D eigenvalue weighted by Crippen LogP contribution is -2.13. The lowest BCUT2D eigenvalue weighted by Gasteiger charge is -2.09.